The van der Waals surface area contributed by atoms with E-state index < -0.39 is 0 Å². The zero-order valence-electron chi connectivity index (χ0n) is 20.2. The third-order valence-corrected chi connectivity index (χ3v) is 6.08. The first-order valence-electron chi connectivity index (χ1n) is 11.3. The highest BCUT2D eigenvalue weighted by Crippen LogP contribution is 2.38. The normalized spacial score (nSPS) is 17.0. The van der Waals surface area contributed by atoms with Crippen molar-refractivity contribution in [3.05, 3.63) is 53.6 Å². The largest absolute Gasteiger partial charge is 1.00 e. The Balaban J connectivity index is 0.00000289. The molecule has 0 atom stereocenters. The van der Waals surface area contributed by atoms with E-state index in [9.17, 15) is 4.79 Å². The minimum absolute atomic E-state index is 0. The number of hydrogen-bond acceptors (Lipinski definition) is 5. The summed E-state index contributed by atoms with van der Waals surface area (Å²) in [6.07, 6.45) is 1.99. The molecule has 1 aliphatic rings. The van der Waals surface area contributed by atoms with Gasteiger partial charge in [-0.1, -0.05) is 30.3 Å². The van der Waals surface area contributed by atoms with Crippen LogP contribution in [0.25, 0.3) is 0 Å². The maximum atomic E-state index is 12.5. The lowest BCUT2D eigenvalue weighted by Gasteiger charge is -2.29. The van der Waals surface area contributed by atoms with E-state index >= 15 is 0 Å². The minimum Gasteiger partial charge on any atom is -1.00 e. The molecule has 3 rings (SSSR count). The van der Waals surface area contributed by atoms with E-state index in [2.05, 4.69) is 30.3 Å². The number of nitrogens with one attached hydrogen (secondary N) is 2. The van der Waals surface area contributed by atoms with Gasteiger partial charge in [0, 0.05) is 12.8 Å². The molecule has 0 bridgehead atoms. The maximum absolute atomic E-state index is 12.5. The summed E-state index contributed by atoms with van der Waals surface area (Å²) in [5.41, 5.74) is 1.81. The Morgan fingerprint density at radius 1 is 0.824 bits per heavy atom. The topological polar surface area (TPSA) is 62.9 Å². The number of methoxy groups -OCH3 is 3. The molecular formula is C25H36Cl2N2O5. The minimum atomic E-state index is -0.380. The average molecular weight is 515 g/mol. The van der Waals surface area contributed by atoms with Gasteiger partial charge in [-0.05, 0) is 17.7 Å². The molecule has 1 saturated heterocycles. The van der Waals surface area contributed by atoms with Gasteiger partial charge < -0.3 is 53.6 Å². The Morgan fingerprint density at radius 2 is 1.38 bits per heavy atom. The molecule has 2 aromatic carbocycles. The number of hydrogen-bond donors (Lipinski definition) is 2. The van der Waals surface area contributed by atoms with Crippen LogP contribution in [-0.2, 0) is 11.2 Å². The summed E-state index contributed by atoms with van der Waals surface area (Å²) < 4.78 is 21.4. The van der Waals surface area contributed by atoms with E-state index in [4.69, 9.17) is 18.9 Å². The van der Waals surface area contributed by atoms with E-state index in [0.29, 0.717) is 29.4 Å². The number of rotatable bonds is 11. The Labute approximate surface area is 215 Å². The van der Waals surface area contributed by atoms with Crippen molar-refractivity contribution in [1.82, 2.24) is 0 Å². The van der Waals surface area contributed by atoms with E-state index in [1.807, 2.05) is 0 Å². The third-order valence-electron chi connectivity index (χ3n) is 6.08. The summed E-state index contributed by atoms with van der Waals surface area (Å²) in [5.74, 6) is 0.960. The number of esters is 1. The second kappa shape index (κ2) is 15.7. The molecule has 190 valence electrons. The van der Waals surface area contributed by atoms with Crippen molar-refractivity contribution in [2.45, 2.75) is 12.8 Å². The lowest BCUT2D eigenvalue weighted by molar-refractivity contribution is -1.01. The Kier molecular flexibility index (Phi) is 13.7. The van der Waals surface area contributed by atoms with E-state index in [0.717, 1.165) is 19.4 Å². The van der Waals surface area contributed by atoms with E-state index in [1.54, 1.807) is 21.9 Å². The van der Waals surface area contributed by atoms with Crippen LogP contribution in [-0.4, -0.2) is 73.2 Å². The smallest absolute Gasteiger partial charge is 0.338 e. The monoisotopic (exact) mass is 514 g/mol. The van der Waals surface area contributed by atoms with Crippen LogP contribution in [0.5, 0.6) is 17.2 Å². The van der Waals surface area contributed by atoms with Crippen LogP contribution < -0.4 is 48.8 Å². The molecule has 1 heterocycles. The fourth-order valence-electron chi connectivity index (χ4n) is 4.19. The van der Waals surface area contributed by atoms with Crippen molar-refractivity contribution >= 4 is 5.97 Å². The van der Waals surface area contributed by atoms with Crippen molar-refractivity contribution in [3.8, 4) is 17.2 Å². The average Bonchev–Trinajstić information content (AvgIpc) is 2.85. The van der Waals surface area contributed by atoms with Crippen molar-refractivity contribution in [2.75, 3.05) is 67.2 Å². The molecule has 0 spiro atoms. The number of halogens is 2. The van der Waals surface area contributed by atoms with Crippen LogP contribution >= 0.6 is 0 Å². The summed E-state index contributed by atoms with van der Waals surface area (Å²) in [4.78, 5) is 15.8. The molecule has 0 amide bonds. The van der Waals surface area contributed by atoms with Gasteiger partial charge in [-0.3, -0.25) is 0 Å². The highest BCUT2D eigenvalue weighted by Gasteiger charge is 2.22. The van der Waals surface area contributed by atoms with Crippen LogP contribution in [0, 0.1) is 0 Å². The zero-order valence-corrected chi connectivity index (χ0v) is 21.7. The fourth-order valence-corrected chi connectivity index (χ4v) is 4.19. The van der Waals surface area contributed by atoms with Crippen LogP contribution in [0.4, 0.5) is 0 Å². The summed E-state index contributed by atoms with van der Waals surface area (Å²) in [6.45, 7) is 7.37. The first-order chi connectivity index (χ1) is 15.6. The summed E-state index contributed by atoms with van der Waals surface area (Å²) >= 11 is 0. The molecule has 2 aromatic rings. The van der Waals surface area contributed by atoms with Crippen molar-refractivity contribution in [1.29, 1.82) is 0 Å². The standard InChI is InChI=1S/C25H34N2O5.2ClH/c1-29-22-18-21(19-23(30-2)24(22)31-3)25(28)32-17-7-11-26-13-15-27(16-14-26)12-10-20-8-5-4-6-9-20;;/h4-6,8-9,18-19H,7,10-17H2,1-3H3;2*1H. The first kappa shape index (κ1) is 29.8. The van der Waals surface area contributed by atoms with Gasteiger partial charge in [0.1, 0.15) is 26.2 Å². The molecule has 1 aliphatic heterocycles. The molecule has 0 aromatic heterocycles. The number of piperazine rings is 1. The van der Waals surface area contributed by atoms with Crippen LogP contribution in [0.15, 0.2) is 42.5 Å². The zero-order chi connectivity index (χ0) is 22.8. The summed E-state index contributed by atoms with van der Waals surface area (Å²) in [6, 6.07) is 13.9. The quantitative estimate of drug-likeness (QED) is 0.231. The van der Waals surface area contributed by atoms with Gasteiger partial charge in [-0.25, -0.2) is 4.79 Å². The second-order valence-electron chi connectivity index (χ2n) is 8.14. The van der Waals surface area contributed by atoms with Crippen LogP contribution in [0.1, 0.15) is 22.3 Å². The highest BCUT2D eigenvalue weighted by atomic mass is 35.5. The van der Waals surface area contributed by atoms with Crippen LogP contribution in [0.2, 0.25) is 0 Å². The Hall–Kier alpha value is -2.19. The summed E-state index contributed by atoms with van der Waals surface area (Å²) in [7, 11) is 4.59. The number of benzene rings is 2. The Morgan fingerprint density at radius 3 is 1.91 bits per heavy atom. The molecule has 0 unspecified atom stereocenters. The number of ether oxygens (including phenoxy) is 4. The molecule has 34 heavy (non-hydrogen) atoms. The van der Waals surface area contributed by atoms with Gasteiger partial charge in [0.2, 0.25) is 5.75 Å². The number of quaternary nitrogens is 2. The second-order valence-corrected chi connectivity index (χ2v) is 8.14. The maximum Gasteiger partial charge on any atom is 0.338 e. The first-order valence-corrected chi connectivity index (χ1v) is 11.3. The van der Waals surface area contributed by atoms with Gasteiger partial charge >= 0.3 is 5.97 Å². The van der Waals surface area contributed by atoms with Crippen molar-refractivity contribution < 1.29 is 58.4 Å². The highest BCUT2D eigenvalue weighted by molar-refractivity contribution is 5.91. The van der Waals surface area contributed by atoms with Gasteiger partial charge in [0.15, 0.2) is 11.5 Å². The number of carbonyl (C=O) groups is 1. The van der Waals surface area contributed by atoms with Gasteiger partial charge in [0.05, 0.1) is 46.6 Å². The fraction of sp³-hybridized carbons (Fsp3) is 0.480. The number of carbonyl (C=O) groups excluding carboxylic acids is 1. The predicted octanol–water partition coefficient (Wildman–Crippen LogP) is -5.71. The lowest BCUT2D eigenvalue weighted by atomic mass is 10.1. The predicted molar refractivity (Wildman–Crippen MR) is 122 cm³/mol. The molecule has 0 aliphatic carbocycles. The van der Waals surface area contributed by atoms with Gasteiger partial charge in [-0.15, -0.1) is 0 Å². The van der Waals surface area contributed by atoms with E-state index in [-0.39, 0.29) is 30.8 Å². The van der Waals surface area contributed by atoms with Crippen LogP contribution in [0.3, 0.4) is 0 Å². The molecule has 1 fully saturated rings. The molecule has 2 N–H and O–H groups in total. The van der Waals surface area contributed by atoms with Gasteiger partial charge in [0.25, 0.3) is 0 Å². The molecule has 0 saturated carbocycles. The van der Waals surface area contributed by atoms with E-state index in [1.165, 1.54) is 59.6 Å². The lowest BCUT2D eigenvalue weighted by Crippen LogP contribution is -3.28. The Bertz CT molecular complexity index is 837. The van der Waals surface area contributed by atoms with Gasteiger partial charge in [-0.2, -0.15) is 0 Å². The summed E-state index contributed by atoms with van der Waals surface area (Å²) in [5, 5.41) is 0. The SMILES string of the molecule is COc1cc(C(=O)OCCC[NH+]2CC[NH+](CCc3ccccc3)CC2)cc(OC)c1OC.[Cl-].[Cl-]. The molecule has 9 heteroatoms. The van der Waals surface area contributed by atoms with Crippen molar-refractivity contribution in [2.24, 2.45) is 0 Å². The molecule has 7 nitrogen and oxygen atoms in total. The molecule has 0 radical (unpaired) electrons. The molecular weight excluding hydrogens is 479 g/mol. The van der Waals surface area contributed by atoms with Crippen molar-refractivity contribution in [3.63, 3.8) is 0 Å². The third kappa shape index (κ3) is 8.55.